The van der Waals surface area contributed by atoms with Gasteiger partial charge in [-0.05, 0) is 32.9 Å². The summed E-state index contributed by atoms with van der Waals surface area (Å²) in [5.41, 5.74) is 0. The van der Waals surface area contributed by atoms with Gasteiger partial charge in [0.15, 0.2) is 0 Å². The average Bonchev–Trinajstić information content (AvgIpc) is 2.44. The van der Waals surface area contributed by atoms with Crippen molar-refractivity contribution in [1.29, 1.82) is 0 Å². The van der Waals surface area contributed by atoms with Crippen molar-refractivity contribution < 1.29 is 4.79 Å². The fourth-order valence-electron chi connectivity index (χ4n) is 2.84. The summed E-state index contributed by atoms with van der Waals surface area (Å²) >= 11 is 0. The van der Waals surface area contributed by atoms with E-state index in [9.17, 15) is 4.79 Å². The zero-order valence-electron chi connectivity index (χ0n) is 13.9. The summed E-state index contributed by atoms with van der Waals surface area (Å²) in [6.45, 7) is 11.7. The lowest BCUT2D eigenvalue weighted by atomic mass is 10.0. The lowest BCUT2D eigenvalue weighted by Crippen LogP contribution is -2.51. The minimum absolute atomic E-state index is 0.139. The molecule has 1 aliphatic rings. The molecule has 0 bridgehead atoms. The number of rotatable bonds is 6. The van der Waals surface area contributed by atoms with E-state index in [2.05, 4.69) is 31.0 Å². The normalized spacial score (nSPS) is 18.4. The van der Waals surface area contributed by atoms with E-state index in [4.69, 9.17) is 0 Å². The average molecular weight is 284 g/mol. The molecule has 0 spiro atoms. The van der Waals surface area contributed by atoms with Crippen molar-refractivity contribution in [3.63, 3.8) is 0 Å². The van der Waals surface area contributed by atoms with E-state index in [0.717, 1.165) is 45.6 Å². The van der Waals surface area contributed by atoms with Crippen LogP contribution >= 0.6 is 0 Å². The topological polar surface area (TPSA) is 38.8 Å². The number of carbonyl (C=O) groups is 1. The summed E-state index contributed by atoms with van der Waals surface area (Å²) < 4.78 is 0. The zero-order chi connectivity index (χ0) is 15.1. The highest BCUT2D eigenvalue weighted by Crippen LogP contribution is 2.12. The summed E-state index contributed by atoms with van der Waals surface area (Å²) in [7, 11) is 3.64. The molecule has 1 unspecified atom stereocenters. The number of nitrogens with one attached hydrogen (secondary N) is 1. The Morgan fingerprint density at radius 2 is 1.80 bits per heavy atom. The molecule has 5 heteroatoms. The van der Waals surface area contributed by atoms with Gasteiger partial charge in [-0.3, -0.25) is 0 Å². The maximum absolute atomic E-state index is 11.9. The fraction of sp³-hybridized carbons (Fsp3) is 0.933. The number of hydrogen-bond acceptors (Lipinski definition) is 3. The molecule has 0 saturated carbocycles. The minimum atomic E-state index is 0.139. The van der Waals surface area contributed by atoms with Gasteiger partial charge in [0.2, 0.25) is 0 Å². The largest absolute Gasteiger partial charge is 0.331 e. The number of piperidine rings is 1. The van der Waals surface area contributed by atoms with E-state index in [0.29, 0.717) is 12.1 Å². The Hall–Kier alpha value is -0.810. The molecule has 1 heterocycles. The van der Waals surface area contributed by atoms with E-state index < -0.39 is 0 Å². The highest BCUT2D eigenvalue weighted by molar-refractivity contribution is 5.73. The van der Waals surface area contributed by atoms with Gasteiger partial charge in [-0.25, -0.2) is 4.79 Å². The molecule has 1 aliphatic heterocycles. The van der Waals surface area contributed by atoms with Crippen LogP contribution in [0.5, 0.6) is 0 Å². The number of likely N-dealkylation sites (tertiary alicyclic amines) is 1. The van der Waals surface area contributed by atoms with E-state index in [1.807, 2.05) is 19.0 Å². The highest BCUT2D eigenvalue weighted by Gasteiger charge is 2.24. The molecular formula is C15H32N4O. The van der Waals surface area contributed by atoms with E-state index in [1.54, 1.807) is 4.90 Å². The maximum atomic E-state index is 11.9. The number of likely N-dealkylation sites (N-methyl/N-ethyl adjacent to an activating group) is 1. The summed E-state index contributed by atoms with van der Waals surface area (Å²) in [6.07, 6.45) is 2.12. The van der Waals surface area contributed by atoms with Crippen LogP contribution in [0.15, 0.2) is 0 Å². The predicted octanol–water partition coefficient (Wildman–Crippen LogP) is 1.45. The van der Waals surface area contributed by atoms with Gasteiger partial charge in [0.25, 0.3) is 0 Å². The van der Waals surface area contributed by atoms with Crippen molar-refractivity contribution in [3.05, 3.63) is 0 Å². The van der Waals surface area contributed by atoms with Crippen LogP contribution in [0.1, 0.15) is 33.6 Å². The number of amides is 2. The summed E-state index contributed by atoms with van der Waals surface area (Å²) in [6, 6.07) is 1.20. The molecular weight excluding hydrogens is 252 g/mol. The lowest BCUT2D eigenvalue weighted by molar-refractivity contribution is 0.149. The lowest BCUT2D eigenvalue weighted by Gasteiger charge is -2.36. The molecule has 1 atom stereocenters. The first-order valence-electron chi connectivity index (χ1n) is 7.92. The second-order valence-electron chi connectivity index (χ2n) is 5.99. The van der Waals surface area contributed by atoms with Crippen molar-refractivity contribution in [2.75, 3.05) is 46.8 Å². The van der Waals surface area contributed by atoms with Crippen molar-refractivity contribution in [1.82, 2.24) is 20.0 Å². The molecule has 2 amide bonds. The molecule has 1 N–H and O–H groups in total. The van der Waals surface area contributed by atoms with Gasteiger partial charge in [0.05, 0.1) is 0 Å². The van der Waals surface area contributed by atoms with Gasteiger partial charge >= 0.3 is 6.03 Å². The monoisotopic (exact) mass is 284 g/mol. The molecule has 5 nitrogen and oxygen atoms in total. The van der Waals surface area contributed by atoms with Gasteiger partial charge in [-0.15, -0.1) is 0 Å². The molecule has 20 heavy (non-hydrogen) atoms. The standard InChI is InChI=1S/C15H32N4O/c1-6-18(7-2)12-13(3)16-14-8-10-19(11-9-14)15(20)17(4)5/h13-14,16H,6-12H2,1-5H3. The van der Waals surface area contributed by atoms with Crippen LogP contribution in [-0.4, -0.2) is 79.6 Å². The molecule has 0 aromatic heterocycles. The number of urea groups is 1. The predicted molar refractivity (Wildman–Crippen MR) is 84.1 cm³/mol. The maximum Gasteiger partial charge on any atom is 0.319 e. The first kappa shape index (κ1) is 17.2. The summed E-state index contributed by atoms with van der Waals surface area (Å²) in [4.78, 5) is 17.9. The third-order valence-electron chi connectivity index (χ3n) is 4.09. The van der Waals surface area contributed by atoms with Crippen molar-refractivity contribution in [2.45, 2.75) is 45.7 Å². The molecule has 1 rings (SSSR count). The quantitative estimate of drug-likeness (QED) is 0.802. The third kappa shape index (κ3) is 5.29. The van der Waals surface area contributed by atoms with Crippen LogP contribution in [0.4, 0.5) is 4.79 Å². The second-order valence-corrected chi connectivity index (χ2v) is 5.99. The highest BCUT2D eigenvalue weighted by atomic mass is 16.2. The molecule has 0 radical (unpaired) electrons. The first-order valence-corrected chi connectivity index (χ1v) is 7.92. The molecule has 1 saturated heterocycles. The van der Waals surface area contributed by atoms with Gasteiger partial charge in [0, 0.05) is 45.8 Å². The molecule has 0 aliphatic carbocycles. The zero-order valence-corrected chi connectivity index (χ0v) is 13.9. The van der Waals surface area contributed by atoms with Gasteiger partial charge < -0.3 is 20.0 Å². The number of carbonyl (C=O) groups excluding carboxylic acids is 1. The smallest absolute Gasteiger partial charge is 0.319 e. The Kier molecular flexibility index (Phi) is 7.30. The van der Waals surface area contributed by atoms with Crippen LogP contribution in [0, 0.1) is 0 Å². The molecule has 0 aromatic carbocycles. The van der Waals surface area contributed by atoms with E-state index >= 15 is 0 Å². The van der Waals surface area contributed by atoms with Crippen molar-refractivity contribution >= 4 is 6.03 Å². The third-order valence-corrected chi connectivity index (χ3v) is 4.09. The van der Waals surface area contributed by atoms with Crippen molar-refractivity contribution in [3.8, 4) is 0 Å². The molecule has 118 valence electrons. The van der Waals surface area contributed by atoms with E-state index in [1.165, 1.54) is 0 Å². The van der Waals surface area contributed by atoms with Crippen LogP contribution in [-0.2, 0) is 0 Å². The van der Waals surface area contributed by atoms with E-state index in [-0.39, 0.29) is 6.03 Å². The van der Waals surface area contributed by atoms with Crippen LogP contribution in [0.3, 0.4) is 0 Å². The Bertz CT molecular complexity index is 284. The summed E-state index contributed by atoms with van der Waals surface area (Å²) in [5, 5.41) is 3.71. The van der Waals surface area contributed by atoms with Crippen LogP contribution in [0.25, 0.3) is 0 Å². The fourth-order valence-corrected chi connectivity index (χ4v) is 2.84. The second kappa shape index (κ2) is 8.47. The van der Waals surface area contributed by atoms with Gasteiger partial charge in [-0.2, -0.15) is 0 Å². The number of hydrogen-bond donors (Lipinski definition) is 1. The Balaban J connectivity index is 2.30. The summed E-state index contributed by atoms with van der Waals surface area (Å²) in [5.74, 6) is 0. The number of nitrogens with zero attached hydrogens (tertiary/aromatic N) is 3. The minimum Gasteiger partial charge on any atom is -0.331 e. The molecule has 0 aromatic rings. The SMILES string of the molecule is CCN(CC)CC(C)NC1CCN(C(=O)N(C)C)CC1. The van der Waals surface area contributed by atoms with Crippen molar-refractivity contribution in [2.24, 2.45) is 0 Å². The molecule has 1 fully saturated rings. The van der Waals surface area contributed by atoms with Gasteiger partial charge in [0.1, 0.15) is 0 Å². The Morgan fingerprint density at radius 1 is 1.25 bits per heavy atom. The first-order chi connectivity index (χ1) is 9.47. The Labute approximate surface area is 124 Å². The van der Waals surface area contributed by atoms with Crippen LogP contribution < -0.4 is 5.32 Å². The van der Waals surface area contributed by atoms with Gasteiger partial charge in [-0.1, -0.05) is 13.8 Å². The van der Waals surface area contributed by atoms with Crippen LogP contribution in [0.2, 0.25) is 0 Å². The Morgan fingerprint density at radius 3 is 2.25 bits per heavy atom.